The van der Waals surface area contributed by atoms with Crippen LogP contribution < -0.4 is 0 Å². The van der Waals surface area contributed by atoms with Crippen molar-refractivity contribution in [1.29, 1.82) is 5.26 Å². The first-order chi connectivity index (χ1) is 13.0. The minimum absolute atomic E-state index is 0.176. The van der Waals surface area contributed by atoms with Gasteiger partial charge >= 0.3 is 0 Å². The molecule has 1 aliphatic rings. The van der Waals surface area contributed by atoms with Gasteiger partial charge in [-0.3, -0.25) is 9.69 Å². The van der Waals surface area contributed by atoms with Crippen LogP contribution in [0.1, 0.15) is 47.1 Å². The summed E-state index contributed by atoms with van der Waals surface area (Å²) in [6.07, 6.45) is 1.88. The SMILES string of the molecule is Cc1cccc([C@H](C(=O)N2CCC(c3cccc(C#N)c3)CC2)N(C)C)c1. The second kappa shape index (κ2) is 8.37. The summed E-state index contributed by atoms with van der Waals surface area (Å²) >= 11 is 0. The first-order valence-electron chi connectivity index (χ1n) is 9.51. The molecule has 0 saturated carbocycles. The van der Waals surface area contributed by atoms with Crippen LogP contribution in [0.25, 0.3) is 0 Å². The predicted molar refractivity (Wildman–Crippen MR) is 107 cm³/mol. The molecular weight excluding hydrogens is 334 g/mol. The van der Waals surface area contributed by atoms with E-state index in [1.54, 1.807) is 0 Å². The molecule has 2 aromatic carbocycles. The van der Waals surface area contributed by atoms with Gasteiger partial charge in [-0.1, -0.05) is 42.0 Å². The molecule has 1 atom stereocenters. The maximum Gasteiger partial charge on any atom is 0.244 e. The molecule has 1 saturated heterocycles. The van der Waals surface area contributed by atoms with Crippen molar-refractivity contribution < 1.29 is 4.79 Å². The highest BCUT2D eigenvalue weighted by Gasteiger charge is 2.31. The third kappa shape index (κ3) is 4.37. The van der Waals surface area contributed by atoms with Gasteiger partial charge in [0.05, 0.1) is 11.6 Å². The fraction of sp³-hybridized carbons (Fsp3) is 0.391. The van der Waals surface area contributed by atoms with Gasteiger partial charge in [0.15, 0.2) is 0 Å². The molecule has 0 radical (unpaired) electrons. The van der Waals surface area contributed by atoms with Crippen LogP contribution in [-0.2, 0) is 4.79 Å². The molecular formula is C23H27N3O. The molecule has 2 aromatic rings. The molecule has 1 heterocycles. The second-order valence-electron chi connectivity index (χ2n) is 7.62. The first kappa shape index (κ1) is 19.1. The fourth-order valence-electron chi connectivity index (χ4n) is 3.97. The number of amides is 1. The number of likely N-dealkylation sites (tertiary alicyclic amines) is 1. The summed E-state index contributed by atoms with van der Waals surface area (Å²) in [7, 11) is 3.93. The Morgan fingerprint density at radius 3 is 2.48 bits per heavy atom. The van der Waals surface area contributed by atoms with E-state index in [1.807, 2.05) is 54.2 Å². The van der Waals surface area contributed by atoms with Crippen molar-refractivity contribution in [2.75, 3.05) is 27.2 Å². The van der Waals surface area contributed by atoms with Crippen LogP contribution in [0.5, 0.6) is 0 Å². The number of aryl methyl sites for hydroxylation is 1. The van der Waals surface area contributed by atoms with Crippen molar-refractivity contribution >= 4 is 5.91 Å². The minimum atomic E-state index is -0.247. The molecule has 1 aliphatic heterocycles. The van der Waals surface area contributed by atoms with Gasteiger partial charge in [0.25, 0.3) is 0 Å². The summed E-state index contributed by atoms with van der Waals surface area (Å²) in [6.45, 7) is 3.58. The normalized spacial score (nSPS) is 16.2. The number of likely N-dealkylation sites (N-methyl/N-ethyl adjacent to an activating group) is 1. The lowest BCUT2D eigenvalue weighted by Gasteiger charge is -2.36. The van der Waals surface area contributed by atoms with Gasteiger partial charge in [0, 0.05) is 13.1 Å². The molecule has 3 rings (SSSR count). The van der Waals surface area contributed by atoms with Crippen molar-refractivity contribution in [2.24, 2.45) is 0 Å². The summed E-state index contributed by atoms with van der Waals surface area (Å²) in [5.74, 6) is 0.592. The molecule has 0 aromatic heterocycles. The third-order valence-electron chi connectivity index (χ3n) is 5.40. The van der Waals surface area contributed by atoms with Crippen LogP contribution in [0.3, 0.4) is 0 Å². The molecule has 4 nitrogen and oxygen atoms in total. The summed E-state index contributed by atoms with van der Waals surface area (Å²) in [5.41, 5.74) is 4.14. The Bertz CT molecular complexity index is 845. The number of piperidine rings is 1. The molecule has 0 N–H and O–H groups in total. The molecule has 0 aliphatic carbocycles. The monoisotopic (exact) mass is 361 g/mol. The number of nitrogens with zero attached hydrogens (tertiary/aromatic N) is 3. The Morgan fingerprint density at radius 2 is 1.85 bits per heavy atom. The average Bonchev–Trinajstić information content (AvgIpc) is 2.68. The zero-order valence-corrected chi connectivity index (χ0v) is 16.4. The molecule has 4 heteroatoms. The third-order valence-corrected chi connectivity index (χ3v) is 5.40. The molecule has 140 valence electrons. The number of benzene rings is 2. The van der Waals surface area contributed by atoms with E-state index in [2.05, 4.69) is 31.2 Å². The Labute approximate surface area is 162 Å². The van der Waals surface area contributed by atoms with Gasteiger partial charge in [-0.25, -0.2) is 0 Å². The van der Waals surface area contributed by atoms with Crippen molar-refractivity contribution in [3.05, 3.63) is 70.8 Å². The Hall–Kier alpha value is -2.64. The highest BCUT2D eigenvalue weighted by atomic mass is 16.2. The molecule has 27 heavy (non-hydrogen) atoms. The average molecular weight is 361 g/mol. The number of carbonyl (C=O) groups excluding carboxylic acids is 1. The summed E-state index contributed by atoms with van der Waals surface area (Å²) in [5, 5.41) is 9.11. The number of hydrogen-bond donors (Lipinski definition) is 0. The molecule has 0 spiro atoms. The number of nitriles is 1. The van der Waals surface area contributed by atoms with Gasteiger partial charge in [0.2, 0.25) is 5.91 Å². The maximum absolute atomic E-state index is 13.2. The zero-order valence-electron chi connectivity index (χ0n) is 16.4. The molecule has 1 fully saturated rings. The molecule has 0 unspecified atom stereocenters. The number of carbonyl (C=O) groups is 1. The van der Waals surface area contributed by atoms with Crippen LogP contribution in [0.4, 0.5) is 0 Å². The first-order valence-corrected chi connectivity index (χ1v) is 9.51. The van der Waals surface area contributed by atoms with E-state index in [0.29, 0.717) is 11.5 Å². The van der Waals surface area contributed by atoms with Crippen LogP contribution in [0.15, 0.2) is 48.5 Å². The van der Waals surface area contributed by atoms with Crippen molar-refractivity contribution in [3.63, 3.8) is 0 Å². The highest BCUT2D eigenvalue weighted by Crippen LogP contribution is 2.31. The van der Waals surface area contributed by atoms with Gasteiger partial charge in [0.1, 0.15) is 6.04 Å². The lowest BCUT2D eigenvalue weighted by Crippen LogP contribution is -2.44. The van der Waals surface area contributed by atoms with Crippen LogP contribution in [0, 0.1) is 18.3 Å². The van der Waals surface area contributed by atoms with E-state index in [9.17, 15) is 4.79 Å². The maximum atomic E-state index is 13.2. The van der Waals surface area contributed by atoms with Gasteiger partial charge in [-0.2, -0.15) is 5.26 Å². The van der Waals surface area contributed by atoms with Crippen molar-refractivity contribution in [1.82, 2.24) is 9.80 Å². The van der Waals surface area contributed by atoms with Crippen molar-refractivity contribution in [3.8, 4) is 6.07 Å². The topological polar surface area (TPSA) is 47.3 Å². The van der Waals surface area contributed by atoms with E-state index in [1.165, 1.54) is 11.1 Å². The summed E-state index contributed by atoms with van der Waals surface area (Å²) in [6, 6.07) is 18.0. The van der Waals surface area contributed by atoms with E-state index in [0.717, 1.165) is 31.5 Å². The largest absolute Gasteiger partial charge is 0.341 e. The van der Waals surface area contributed by atoms with Gasteiger partial charge in [-0.05, 0) is 63.0 Å². The Balaban J connectivity index is 1.70. The minimum Gasteiger partial charge on any atom is -0.341 e. The highest BCUT2D eigenvalue weighted by molar-refractivity contribution is 5.83. The van der Waals surface area contributed by atoms with E-state index < -0.39 is 0 Å². The quantitative estimate of drug-likeness (QED) is 0.830. The second-order valence-corrected chi connectivity index (χ2v) is 7.62. The number of hydrogen-bond acceptors (Lipinski definition) is 3. The Morgan fingerprint density at radius 1 is 1.15 bits per heavy atom. The van der Waals surface area contributed by atoms with E-state index in [-0.39, 0.29) is 11.9 Å². The van der Waals surface area contributed by atoms with Crippen LogP contribution in [0.2, 0.25) is 0 Å². The van der Waals surface area contributed by atoms with Gasteiger partial charge < -0.3 is 4.90 Å². The standard InChI is InChI=1S/C23H27N3O/c1-17-6-4-9-21(14-17)22(25(2)3)23(27)26-12-10-19(11-13-26)20-8-5-7-18(15-20)16-24/h4-9,14-15,19,22H,10-13H2,1-3H3/t22-/m1/s1. The number of rotatable bonds is 4. The van der Waals surface area contributed by atoms with E-state index >= 15 is 0 Å². The smallest absolute Gasteiger partial charge is 0.244 e. The molecule has 1 amide bonds. The lowest BCUT2D eigenvalue weighted by atomic mass is 9.88. The van der Waals surface area contributed by atoms with Crippen molar-refractivity contribution in [2.45, 2.75) is 31.7 Å². The molecule has 0 bridgehead atoms. The summed E-state index contributed by atoms with van der Waals surface area (Å²) < 4.78 is 0. The lowest BCUT2D eigenvalue weighted by molar-refractivity contribution is -0.137. The van der Waals surface area contributed by atoms with Crippen LogP contribution >= 0.6 is 0 Å². The fourth-order valence-corrected chi connectivity index (χ4v) is 3.97. The predicted octanol–water partition coefficient (Wildman–Crippen LogP) is 3.88. The van der Waals surface area contributed by atoms with E-state index in [4.69, 9.17) is 5.26 Å². The Kier molecular flexibility index (Phi) is 5.93. The van der Waals surface area contributed by atoms with Crippen LogP contribution in [-0.4, -0.2) is 42.9 Å². The summed E-state index contributed by atoms with van der Waals surface area (Å²) in [4.78, 5) is 17.2. The van der Waals surface area contributed by atoms with Gasteiger partial charge in [-0.15, -0.1) is 0 Å². The zero-order chi connectivity index (χ0) is 19.4.